The summed E-state index contributed by atoms with van der Waals surface area (Å²) >= 11 is 0. The summed E-state index contributed by atoms with van der Waals surface area (Å²) in [5.74, 6) is 0.366. The molecule has 2 rings (SSSR count). The van der Waals surface area contributed by atoms with E-state index >= 15 is 0 Å². The summed E-state index contributed by atoms with van der Waals surface area (Å²) in [6.45, 7) is 3.96. The molecule has 0 spiro atoms. The Balaban J connectivity index is 2.06. The van der Waals surface area contributed by atoms with Gasteiger partial charge in [0.05, 0.1) is 31.0 Å². The molecule has 1 heterocycles. The van der Waals surface area contributed by atoms with E-state index in [1.54, 1.807) is 0 Å². The smallest absolute Gasteiger partial charge is 0.223 e. The van der Waals surface area contributed by atoms with Crippen LogP contribution in [0.1, 0.15) is 31.2 Å². The molecule has 6 heteroatoms. The van der Waals surface area contributed by atoms with E-state index < -0.39 is 0 Å². The Bertz CT molecular complexity index is 412. The topological polar surface area (TPSA) is 83.0 Å². The van der Waals surface area contributed by atoms with Crippen molar-refractivity contribution < 1.29 is 9.53 Å². The molecular formula is C12H20N4O2. The van der Waals surface area contributed by atoms with E-state index in [1.807, 2.05) is 11.6 Å². The zero-order valence-corrected chi connectivity index (χ0v) is 10.8. The number of nitrogens with zero attached hydrogens (tertiary/aromatic N) is 3. The van der Waals surface area contributed by atoms with Gasteiger partial charge in [0.1, 0.15) is 0 Å². The molecule has 0 unspecified atom stereocenters. The van der Waals surface area contributed by atoms with Crippen molar-refractivity contribution in [1.82, 2.24) is 15.0 Å². The Morgan fingerprint density at radius 3 is 2.94 bits per heavy atom. The van der Waals surface area contributed by atoms with Crippen LogP contribution in [0.4, 0.5) is 0 Å². The number of ether oxygens (including phenoxy) is 1. The van der Waals surface area contributed by atoms with E-state index in [4.69, 9.17) is 10.5 Å². The first-order valence-corrected chi connectivity index (χ1v) is 6.48. The molecule has 0 aromatic carbocycles. The van der Waals surface area contributed by atoms with E-state index in [0.717, 1.165) is 23.7 Å². The second-order valence-electron chi connectivity index (χ2n) is 4.69. The molecule has 1 fully saturated rings. The van der Waals surface area contributed by atoms with Crippen LogP contribution >= 0.6 is 0 Å². The molecule has 18 heavy (non-hydrogen) atoms. The number of carbonyl (C=O) groups excluding carboxylic acids is 1. The van der Waals surface area contributed by atoms with Crippen molar-refractivity contribution >= 4 is 5.91 Å². The highest BCUT2D eigenvalue weighted by Gasteiger charge is 2.26. The van der Waals surface area contributed by atoms with Crippen LogP contribution in [0.3, 0.4) is 0 Å². The zero-order chi connectivity index (χ0) is 13.0. The first-order valence-electron chi connectivity index (χ1n) is 6.48. The van der Waals surface area contributed by atoms with Gasteiger partial charge in [0, 0.05) is 6.61 Å². The average Bonchev–Trinajstić information content (AvgIpc) is 3.06. The predicted octanol–water partition coefficient (Wildman–Crippen LogP) is 0.295. The number of hydrogen-bond donors (Lipinski definition) is 1. The minimum atomic E-state index is -0.357. The van der Waals surface area contributed by atoms with Gasteiger partial charge in [0.25, 0.3) is 0 Å². The Labute approximate surface area is 106 Å². The van der Waals surface area contributed by atoms with Crippen LogP contribution < -0.4 is 5.73 Å². The number of amides is 1. The summed E-state index contributed by atoms with van der Waals surface area (Å²) in [4.78, 5) is 11.0. The molecule has 6 nitrogen and oxygen atoms in total. The molecule has 0 bridgehead atoms. The summed E-state index contributed by atoms with van der Waals surface area (Å²) in [5, 5.41) is 8.17. The molecular weight excluding hydrogens is 232 g/mol. The number of nitrogens with two attached hydrogens (primary N) is 1. The van der Waals surface area contributed by atoms with Crippen molar-refractivity contribution in [3.05, 3.63) is 11.4 Å². The van der Waals surface area contributed by atoms with Crippen molar-refractivity contribution in [2.45, 2.75) is 39.2 Å². The fourth-order valence-electron chi connectivity index (χ4n) is 1.96. The molecule has 0 saturated heterocycles. The Kier molecular flexibility index (Phi) is 4.30. The van der Waals surface area contributed by atoms with Gasteiger partial charge >= 0.3 is 0 Å². The van der Waals surface area contributed by atoms with Crippen LogP contribution in [0.25, 0.3) is 0 Å². The molecule has 1 aromatic rings. The lowest BCUT2D eigenvalue weighted by Crippen LogP contribution is -2.16. The molecule has 0 radical (unpaired) electrons. The fraction of sp³-hybridized carbons (Fsp3) is 0.750. The molecule has 1 aliphatic carbocycles. The number of rotatable bonds is 8. The molecule has 0 aliphatic heterocycles. The second kappa shape index (κ2) is 5.95. The number of carbonyl (C=O) groups is 1. The van der Waals surface area contributed by atoms with Gasteiger partial charge in [-0.3, -0.25) is 4.79 Å². The largest absolute Gasteiger partial charge is 0.380 e. The van der Waals surface area contributed by atoms with Crippen molar-refractivity contribution in [2.24, 2.45) is 11.7 Å². The monoisotopic (exact) mass is 252 g/mol. The maximum Gasteiger partial charge on any atom is 0.223 e. The van der Waals surface area contributed by atoms with Crippen LogP contribution in [0.2, 0.25) is 0 Å². The third-order valence-electron chi connectivity index (χ3n) is 3.09. The van der Waals surface area contributed by atoms with Gasteiger partial charge in [-0.25, -0.2) is 4.68 Å². The Morgan fingerprint density at radius 1 is 1.56 bits per heavy atom. The summed E-state index contributed by atoms with van der Waals surface area (Å²) in [6, 6.07) is 0. The lowest BCUT2D eigenvalue weighted by Gasteiger charge is -2.07. The van der Waals surface area contributed by atoms with Crippen LogP contribution in [-0.2, 0) is 28.9 Å². The maximum atomic E-state index is 11.0. The molecule has 0 atom stereocenters. The predicted molar refractivity (Wildman–Crippen MR) is 65.8 cm³/mol. The second-order valence-corrected chi connectivity index (χ2v) is 4.69. The van der Waals surface area contributed by atoms with Crippen LogP contribution in [0, 0.1) is 5.92 Å². The van der Waals surface area contributed by atoms with Gasteiger partial charge in [-0.1, -0.05) is 5.21 Å². The zero-order valence-electron chi connectivity index (χ0n) is 10.8. The van der Waals surface area contributed by atoms with Crippen LogP contribution in [-0.4, -0.2) is 34.1 Å². The van der Waals surface area contributed by atoms with Crippen LogP contribution in [0.15, 0.2) is 0 Å². The van der Waals surface area contributed by atoms with Gasteiger partial charge in [-0.2, -0.15) is 0 Å². The highest BCUT2D eigenvalue weighted by Crippen LogP contribution is 2.33. The van der Waals surface area contributed by atoms with E-state index in [0.29, 0.717) is 19.8 Å². The van der Waals surface area contributed by atoms with E-state index in [-0.39, 0.29) is 12.3 Å². The summed E-state index contributed by atoms with van der Waals surface area (Å²) in [7, 11) is 0. The standard InChI is InChI=1S/C12H20N4O2/c1-2-18-6-5-16-11(7-9-3-4-9)10(14-15-16)8-12(13)17/h9H,2-8H2,1H3,(H2,13,17). The highest BCUT2D eigenvalue weighted by atomic mass is 16.5. The SMILES string of the molecule is CCOCCn1nnc(CC(N)=O)c1CC1CC1. The maximum absolute atomic E-state index is 11.0. The highest BCUT2D eigenvalue weighted by molar-refractivity contribution is 5.76. The number of hydrogen-bond acceptors (Lipinski definition) is 4. The van der Waals surface area contributed by atoms with Crippen molar-refractivity contribution in [1.29, 1.82) is 0 Å². The summed E-state index contributed by atoms with van der Waals surface area (Å²) < 4.78 is 7.18. The molecule has 1 saturated carbocycles. The average molecular weight is 252 g/mol. The Hall–Kier alpha value is -1.43. The van der Waals surface area contributed by atoms with Crippen molar-refractivity contribution in [3.8, 4) is 0 Å². The first kappa shape index (κ1) is 13.0. The number of aromatic nitrogens is 3. The minimum absolute atomic E-state index is 0.177. The Morgan fingerprint density at radius 2 is 2.33 bits per heavy atom. The third-order valence-corrected chi connectivity index (χ3v) is 3.09. The van der Waals surface area contributed by atoms with Gasteiger partial charge < -0.3 is 10.5 Å². The lowest BCUT2D eigenvalue weighted by molar-refractivity contribution is -0.117. The molecule has 100 valence electrons. The lowest BCUT2D eigenvalue weighted by atomic mass is 10.1. The summed E-state index contributed by atoms with van der Waals surface area (Å²) in [6.07, 6.45) is 3.64. The molecule has 2 N–H and O–H groups in total. The molecule has 1 aromatic heterocycles. The molecule has 1 amide bonds. The molecule has 1 aliphatic rings. The summed E-state index contributed by atoms with van der Waals surface area (Å²) in [5.41, 5.74) is 7.01. The van der Waals surface area contributed by atoms with Crippen LogP contribution in [0.5, 0.6) is 0 Å². The normalized spacial score (nSPS) is 14.9. The van der Waals surface area contributed by atoms with Gasteiger partial charge in [-0.05, 0) is 32.1 Å². The van der Waals surface area contributed by atoms with Gasteiger partial charge in [0.15, 0.2) is 0 Å². The van der Waals surface area contributed by atoms with Crippen molar-refractivity contribution in [3.63, 3.8) is 0 Å². The fourth-order valence-corrected chi connectivity index (χ4v) is 1.96. The van der Waals surface area contributed by atoms with E-state index in [9.17, 15) is 4.79 Å². The van der Waals surface area contributed by atoms with E-state index in [1.165, 1.54) is 12.8 Å². The minimum Gasteiger partial charge on any atom is -0.380 e. The van der Waals surface area contributed by atoms with E-state index in [2.05, 4.69) is 10.3 Å². The quantitative estimate of drug-likeness (QED) is 0.674. The first-order chi connectivity index (χ1) is 8.70. The van der Waals surface area contributed by atoms with Crippen molar-refractivity contribution in [2.75, 3.05) is 13.2 Å². The number of primary amides is 1. The van der Waals surface area contributed by atoms with Gasteiger partial charge in [-0.15, -0.1) is 5.10 Å². The third kappa shape index (κ3) is 3.53. The van der Waals surface area contributed by atoms with Gasteiger partial charge in [0.2, 0.25) is 5.91 Å².